The summed E-state index contributed by atoms with van der Waals surface area (Å²) < 4.78 is 1.91. The molecule has 2 aromatic rings. The minimum Gasteiger partial charge on any atom is -0.344 e. The van der Waals surface area contributed by atoms with Gasteiger partial charge in [-0.2, -0.15) is 0 Å². The smallest absolute Gasteiger partial charge is 0.185 e. The van der Waals surface area contributed by atoms with Gasteiger partial charge in [0.2, 0.25) is 0 Å². The van der Waals surface area contributed by atoms with Crippen LogP contribution in [0.4, 0.5) is 11.4 Å². The van der Waals surface area contributed by atoms with E-state index >= 15 is 0 Å². The molecule has 0 radical (unpaired) electrons. The molecule has 0 amide bonds. The Labute approximate surface area is 279 Å². The molecule has 46 heavy (non-hydrogen) atoms. The number of carbonyl (C=O) groups is 1. The van der Waals surface area contributed by atoms with Crippen molar-refractivity contribution in [3.63, 3.8) is 0 Å². The maximum atomic E-state index is 13.8. The molecule has 2 aromatic carbocycles. The largest absolute Gasteiger partial charge is 0.344 e. The summed E-state index contributed by atoms with van der Waals surface area (Å²) in [4.78, 5) is 18.8. The summed E-state index contributed by atoms with van der Waals surface area (Å²) >= 11 is 0. The Balaban J connectivity index is 1.40. The number of anilines is 2. The molecule has 0 unspecified atom stereocenters. The number of benzene rings is 2. The number of ketones is 1. The van der Waals surface area contributed by atoms with Crippen LogP contribution in [0.5, 0.6) is 0 Å². The molecule has 246 valence electrons. The maximum Gasteiger partial charge on any atom is 0.185 e. The standard InChI is InChI=1S/C41H58N4O/c1-40(2)33-17-11-13-19-35(33)42(27-15-29-44(5,6)7)37(40)25-23-31-21-22-32(39(31)46)24-26-38-41(3,4)34-18-12-14-20-36(34)43(38)28-16-30-45(8,9)10/h11-14,17-20,23-26H,15-16,21-22,27-30H2,1-10H3/q+2. The summed E-state index contributed by atoms with van der Waals surface area (Å²) in [6, 6.07) is 17.6. The number of allylic oxidation sites excluding steroid dienone is 8. The van der Waals surface area contributed by atoms with Gasteiger partial charge < -0.3 is 18.8 Å². The van der Waals surface area contributed by atoms with Crippen LogP contribution in [-0.2, 0) is 15.6 Å². The van der Waals surface area contributed by atoms with Crippen LogP contribution in [-0.4, -0.2) is 83.2 Å². The second-order valence-corrected chi connectivity index (χ2v) is 16.6. The average Bonchev–Trinajstić information content (AvgIpc) is 3.50. The Morgan fingerprint density at radius 1 is 0.609 bits per heavy atom. The van der Waals surface area contributed by atoms with Crippen molar-refractivity contribution in [1.82, 2.24) is 0 Å². The van der Waals surface area contributed by atoms with E-state index in [-0.39, 0.29) is 16.6 Å². The van der Waals surface area contributed by atoms with Crippen LogP contribution in [0, 0.1) is 0 Å². The lowest BCUT2D eigenvalue weighted by molar-refractivity contribution is -0.870. The predicted octanol–water partition coefficient (Wildman–Crippen LogP) is 7.76. The second kappa shape index (κ2) is 12.7. The minimum absolute atomic E-state index is 0.118. The van der Waals surface area contributed by atoms with E-state index in [4.69, 9.17) is 0 Å². The number of nitrogens with zero attached hydrogens (tertiary/aromatic N) is 4. The number of Topliss-reactive ketones (excluding diaryl/α,β-unsaturated/α-hetero) is 1. The van der Waals surface area contributed by atoms with E-state index in [1.165, 1.54) is 33.9 Å². The zero-order chi connectivity index (χ0) is 33.5. The summed E-state index contributed by atoms with van der Waals surface area (Å²) in [6.45, 7) is 13.4. The molecule has 2 aliphatic heterocycles. The first kappa shape index (κ1) is 33.9. The topological polar surface area (TPSA) is 23.6 Å². The van der Waals surface area contributed by atoms with Crippen LogP contribution in [0.1, 0.15) is 64.5 Å². The third-order valence-corrected chi connectivity index (χ3v) is 10.2. The van der Waals surface area contributed by atoms with Gasteiger partial charge in [0.15, 0.2) is 5.78 Å². The molecule has 0 bridgehead atoms. The van der Waals surface area contributed by atoms with Crippen molar-refractivity contribution in [3.05, 3.63) is 107 Å². The van der Waals surface area contributed by atoms with Gasteiger partial charge in [0.1, 0.15) is 0 Å². The van der Waals surface area contributed by atoms with E-state index < -0.39 is 0 Å². The molecule has 5 rings (SSSR count). The Bertz CT molecular complexity index is 1470. The molecular weight excluding hydrogens is 564 g/mol. The van der Waals surface area contributed by atoms with Crippen molar-refractivity contribution in [2.24, 2.45) is 0 Å². The van der Waals surface area contributed by atoms with Gasteiger partial charge in [-0.25, -0.2) is 0 Å². The van der Waals surface area contributed by atoms with Gasteiger partial charge in [-0.1, -0.05) is 76.2 Å². The fourth-order valence-electron chi connectivity index (χ4n) is 7.55. The highest BCUT2D eigenvalue weighted by molar-refractivity contribution is 6.11. The monoisotopic (exact) mass is 622 g/mol. The van der Waals surface area contributed by atoms with Gasteiger partial charge in [-0.3, -0.25) is 4.79 Å². The van der Waals surface area contributed by atoms with Crippen LogP contribution in [0.15, 0.2) is 95.4 Å². The van der Waals surface area contributed by atoms with Crippen LogP contribution in [0.25, 0.3) is 0 Å². The van der Waals surface area contributed by atoms with E-state index in [0.29, 0.717) is 0 Å². The number of para-hydroxylation sites is 2. The zero-order valence-electron chi connectivity index (χ0n) is 30.3. The average molecular weight is 623 g/mol. The molecule has 1 fully saturated rings. The van der Waals surface area contributed by atoms with E-state index in [9.17, 15) is 4.79 Å². The van der Waals surface area contributed by atoms with Gasteiger partial charge in [-0.05, 0) is 48.3 Å². The van der Waals surface area contributed by atoms with E-state index in [1.807, 2.05) is 0 Å². The molecule has 5 heteroatoms. The maximum absolute atomic E-state index is 13.8. The first-order valence-corrected chi connectivity index (χ1v) is 17.2. The zero-order valence-corrected chi connectivity index (χ0v) is 30.3. The number of fused-ring (bicyclic) bond motifs is 2. The molecule has 3 aliphatic rings. The molecule has 0 atom stereocenters. The van der Waals surface area contributed by atoms with Gasteiger partial charge in [0.05, 0.1) is 55.4 Å². The van der Waals surface area contributed by atoms with Crippen molar-refractivity contribution in [1.29, 1.82) is 0 Å². The molecule has 2 heterocycles. The quantitative estimate of drug-likeness (QED) is 0.200. The molecule has 0 spiro atoms. The second-order valence-electron chi connectivity index (χ2n) is 16.6. The lowest BCUT2D eigenvalue weighted by atomic mass is 9.83. The Hall–Kier alpha value is -3.41. The number of quaternary nitrogens is 2. The lowest BCUT2D eigenvalue weighted by Gasteiger charge is -2.29. The highest BCUT2D eigenvalue weighted by atomic mass is 16.1. The first-order chi connectivity index (χ1) is 21.5. The summed E-state index contributed by atoms with van der Waals surface area (Å²) in [5.41, 5.74) is 9.50. The summed E-state index contributed by atoms with van der Waals surface area (Å²) in [6.07, 6.45) is 12.5. The molecule has 0 aromatic heterocycles. The first-order valence-electron chi connectivity index (χ1n) is 17.2. The number of carbonyl (C=O) groups excluding carboxylic acids is 1. The lowest BCUT2D eigenvalue weighted by Crippen LogP contribution is -2.37. The normalized spacial score (nSPS) is 22.5. The third kappa shape index (κ3) is 6.96. The van der Waals surface area contributed by atoms with Crippen molar-refractivity contribution >= 4 is 17.2 Å². The van der Waals surface area contributed by atoms with Crippen LogP contribution < -0.4 is 9.80 Å². The Morgan fingerprint density at radius 3 is 1.35 bits per heavy atom. The van der Waals surface area contributed by atoms with Gasteiger partial charge >= 0.3 is 0 Å². The number of rotatable bonds is 10. The minimum atomic E-state index is -0.118. The molecule has 5 nitrogen and oxygen atoms in total. The van der Waals surface area contributed by atoms with Gasteiger partial charge in [0, 0.05) is 70.7 Å². The fourth-order valence-corrected chi connectivity index (χ4v) is 7.55. The molecule has 1 saturated carbocycles. The van der Waals surface area contributed by atoms with Crippen molar-refractivity contribution < 1.29 is 13.8 Å². The van der Waals surface area contributed by atoms with E-state index in [2.05, 4.69) is 153 Å². The fraction of sp³-hybridized carbons (Fsp3) is 0.488. The molecule has 0 N–H and O–H groups in total. The van der Waals surface area contributed by atoms with Crippen molar-refractivity contribution in [2.75, 3.05) is 78.3 Å². The van der Waals surface area contributed by atoms with Crippen LogP contribution in [0.2, 0.25) is 0 Å². The highest BCUT2D eigenvalue weighted by Crippen LogP contribution is 2.49. The summed E-state index contributed by atoms with van der Waals surface area (Å²) in [7, 11) is 13.5. The Kier molecular flexibility index (Phi) is 9.34. The highest BCUT2D eigenvalue weighted by Gasteiger charge is 2.41. The van der Waals surface area contributed by atoms with Crippen molar-refractivity contribution in [3.8, 4) is 0 Å². The number of hydrogen-bond donors (Lipinski definition) is 0. The molecular formula is C41H58N4O+2. The Morgan fingerprint density at radius 2 is 0.978 bits per heavy atom. The molecule has 0 saturated heterocycles. The third-order valence-electron chi connectivity index (χ3n) is 10.2. The van der Waals surface area contributed by atoms with Gasteiger partial charge in [-0.15, -0.1) is 0 Å². The van der Waals surface area contributed by atoms with Crippen LogP contribution in [0.3, 0.4) is 0 Å². The molecule has 1 aliphatic carbocycles. The summed E-state index contributed by atoms with van der Waals surface area (Å²) in [5.74, 6) is 0.198. The van der Waals surface area contributed by atoms with Crippen molar-refractivity contribution in [2.45, 2.75) is 64.2 Å². The SMILES string of the molecule is CC1(C)C(=CC=C2CCC(=CC=C3N(CCC[N+](C)(C)C)c4ccccc4C3(C)C)C2=O)N(CCC[N+](C)(C)C)c2ccccc21. The van der Waals surface area contributed by atoms with E-state index in [0.717, 1.165) is 72.0 Å². The van der Waals surface area contributed by atoms with E-state index in [1.54, 1.807) is 0 Å². The summed E-state index contributed by atoms with van der Waals surface area (Å²) in [5, 5.41) is 0. The van der Waals surface area contributed by atoms with Crippen LogP contribution >= 0.6 is 0 Å². The number of hydrogen-bond acceptors (Lipinski definition) is 3. The predicted molar refractivity (Wildman–Crippen MR) is 195 cm³/mol. The van der Waals surface area contributed by atoms with Gasteiger partial charge in [0.25, 0.3) is 0 Å².